The van der Waals surface area contributed by atoms with Crippen LogP contribution in [0.25, 0.3) is 27.9 Å². The fourth-order valence-corrected chi connectivity index (χ4v) is 4.58. The number of nitrogens with zero attached hydrogens (tertiary/aromatic N) is 4. The van der Waals surface area contributed by atoms with E-state index in [1.165, 1.54) is 4.90 Å². The molecule has 1 aliphatic carbocycles. The number of H-pyrrole nitrogens is 1. The highest BCUT2D eigenvalue weighted by molar-refractivity contribution is 5.93. The van der Waals surface area contributed by atoms with Crippen molar-refractivity contribution in [3.63, 3.8) is 0 Å². The molecule has 7 nitrogen and oxygen atoms in total. The Morgan fingerprint density at radius 2 is 2.12 bits per heavy atom. The van der Waals surface area contributed by atoms with E-state index in [1.807, 2.05) is 17.0 Å². The van der Waals surface area contributed by atoms with Gasteiger partial charge in [0, 0.05) is 30.8 Å². The molecule has 10 heteroatoms. The Kier molecular flexibility index (Phi) is 4.79. The monoisotopic (exact) mass is 469 g/mol. The molecule has 34 heavy (non-hydrogen) atoms. The van der Waals surface area contributed by atoms with E-state index >= 15 is 0 Å². The van der Waals surface area contributed by atoms with Crippen LogP contribution in [0.5, 0.6) is 5.75 Å². The lowest BCUT2D eigenvalue weighted by molar-refractivity contribution is -0.131. The zero-order chi connectivity index (χ0) is 23.4. The molecule has 176 valence electrons. The van der Waals surface area contributed by atoms with Gasteiger partial charge in [-0.15, -0.1) is 0 Å². The first-order valence-corrected chi connectivity index (χ1v) is 11.3. The van der Waals surface area contributed by atoms with Gasteiger partial charge in [-0.1, -0.05) is 12.1 Å². The number of nitrogens with one attached hydrogen (secondary N) is 1. The highest BCUT2D eigenvalue weighted by Crippen LogP contribution is 2.39. The third kappa shape index (κ3) is 3.86. The Balaban J connectivity index is 1.32. The average molecular weight is 469 g/mol. The van der Waals surface area contributed by atoms with Gasteiger partial charge in [0.2, 0.25) is 5.91 Å². The lowest BCUT2D eigenvalue weighted by Crippen LogP contribution is -2.39. The standard InChI is InChI=1S/C24H22F3N5O2/c25-24(26,27)13-32-7-8-34-20-4-3-15(9-19(20)32)17-10-28-22-21(17)30-18(11-29-22)16-5-6-31(12-16)23(33)14-1-2-14/h3-5,9-11,14H,1-2,6-8,12-13H2,(H,28,29). The Morgan fingerprint density at radius 3 is 2.91 bits per heavy atom. The molecule has 0 saturated heterocycles. The van der Waals surface area contributed by atoms with Crippen molar-refractivity contribution in [1.29, 1.82) is 0 Å². The van der Waals surface area contributed by atoms with Gasteiger partial charge in [-0.25, -0.2) is 9.97 Å². The molecule has 1 saturated carbocycles. The van der Waals surface area contributed by atoms with Crippen LogP contribution in [0.15, 0.2) is 36.7 Å². The van der Waals surface area contributed by atoms with Gasteiger partial charge in [-0.3, -0.25) is 4.79 Å². The number of hydrogen-bond donors (Lipinski definition) is 1. The number of aromatic amines is 1. The van der Waals surface area contributed by atoms with Crippen LogP contribution >= 0.6 is 0 Å². The quantitative estimate of drug-likeness (QED) is 0.625. The summed E-state index contributed by atoms with van der Waals surface area (Å²) in [6, 6.07) is 5.23. The molecule has 2 aromatic heterocycles. The number of carbonyl (C=O) groups is 1. The number of hydrogen-bond acceptors (Lipinski definition) is 5. The first kappa shape index (κ1) is 21.0. The fourth-order valence-electron chi connectivity index (χ4n) is 4.58. The first-order chi connectivity index (χ1) is 16.4. The number of carbonyl (C=O) groups excluding carboxylic acids is 1. The first-order valence-electron chi connectivity index (χ1n) is 11.3. The second kappa shape index (κ2) is 7.75. The molecule has 1 fully saturated rings. The van der Waals surface area contributed by atoms with Crippen molar-refractivity contribution >= 4 is 28.3 Å². The van der Waals surface area contributed by atoms with Crippen molar-refractivity contribution in [2.75, 3.05) is 37.7 Å². The number of rotatable bonds is 4. The smallest absolute Gasteiger partial charge is 0.405 e. The van der Waals surface area contributed by atoms with Gasteiger partial charge in [0.05, 0.1) is 24.1 Å². The van der Waals surface area contributed by atoms with Gasteiger partial charge < -0.3 is 19.5 Å². The van der Waals surface area contributed by atoms with Crippen molar-refractivity contribution in [1.82, 2.24) is 19.9 Å². The molecule has 0 atom stereocenters. The molecule has 0 bridgehead atoms. The highest BCUT2D eigenvalue weighted by atomic mass is 19.4. The Morgan fingerprint density at radius 1 is 1.26 bits per heavy atom. The Hall–Kier alpha value is -3.56. The summed E-state index contributed by atoms with van der Waals surface area (Å²) in [6.07, 6.45) is 3.08. The summed E-state index contributed by atoms with van der Waals surface area (Å²) in [7, 11) is 0. The molecule has 1 aromatic carbocycles. The van der Waals surface area contributed by atoms with Gasteiger partial charge >= 0.3 is 6.18 Å². The number of aromatic nitrogens is 3. The van der Waals surface area contributed by atoms with E-state index in [0.717, 1.165) is 29.5 Å². The van der Waals surface area contributed by atoms with Crippen molar-refractivity contribution in [3.8, 4) is 16.9 Å². The van der Waals surface area contributed by atoms with E-state index in [1.54, 1.807) is 24.5 Å². The summed E-state index contributed by atoms with van der Waals surface area (Å²) < 4.78 is 44.9. The minimum Gasteiger partial charge on any atom is -0.490 e. The molecule has 3 aliphatic rings. The Labute approximate surface area is 193 Å². The van der Waals surface area contributed by atoms with Gasteiger partial charge in [0.25, 0.3) is 0 Å². The van der Waals surface area contributed by atoms with Crippen LogP contribution in [-0.2, 0) is 4.79 Å². The van der Waals surface area contributed by atoms with Crippen LogP contribution in [-0.4, -0.2) is 64.7 Å². The van der Waals surface area contributed by atoms with Crippen molar-refractivity contribution in [3.05, 3.63) is 42.4 Å². The zero-order valence-electron chi connectivity index (χ0n) is 18.2. The minimum absolute atomic E-state index is 0.165. The molecule has 1 amide bonds. The van der Waals surface area contributed by atoms with Crippen molar-refractivity contribution < 1.29 is 22.7 Å². The second-order valence-corrected chi connectivity index (χ2v) is 8.94. The minimum atomic E-state index is -4.31. The third-order valence-corrected chi connectivity index (χ3v) is 6.47. The molecule has 4 heterocycles. The number of anilines is 1. The molecule has 0 radical (unpaired) electrons. The largest absolute Gasteiger partial charge is 0.490 e. The summed E-state index contributed by atoms with van der Waals surface area (Å²) in [6.45, 7) is 0.425. The molecule has 0 unspecified atom stereocenters. The molecule has 6 rings (SSSR count). The maximum atomic E-state index is 13.1. The zero-order valence-corrected chi connectivity index (χ0v) is 18.2. The number of benzene rings is 1. The number of ether oxygens (including phenoxy) is 1. The Bertz CT molecular complexity index is 1310. The number of amides is 1. The van der Waals surface area contributed by atoms with Gasteiger partial charge in [-0.05, 0) is 36.1 Å². The predicted octanol–water partition coefficient (Wildman–Crippen LogP) is 4.02. The number of alkyl halides is 3. The normalized spacial score (nSPS) is 18.1. The van der Waals surface area contributed by atoms with Crippen LogP contribution in [0, 0.1) is 5.92 Å². The van der Waals surface area contributed by atoms with Crippen molar-refractivity contribution in [2.45, 2.75) is 19.0 Å². The molecule has 1 N–H and O–H groups in total. The summed E-state index contributed by atoms with van der Waals surface area (Å²) in [5.41, 5.74) is 4.74. The van der Waals surface area contributed by atoms with E-state index in [4.69, 9.17) is 9.72 Å². The van der Waals surface area contributed by atoms with Gasteiger partial charge in [0.15, 0.2) is 5.65 Å². The molecule has 0 spiro atoms. The number of fused-ring (bicyclic) bond motifs is 2. The summed E-state index contributed by atoms with van der Waals surface area (Å²) in [5, 5.41) is 0. The lowest BCUT2D eigenvalue weighted by Gasteiger charge is -2.32. The van der Waals surface area contributed by atoms with Crippen LogP contribution in [0.2, 0.25) is 0 Å². The fraction of sp³-hybridized carbons (Fsp3) is 0.375. The van der Waals surface area contributed by atoms with E-state index in [-0.39, 0.29) is 25.0 Å². The SMILES string of the molecule is O=C(C1CC1)N1CC=C(c2cnc3[nH]cc(-c4ccc5c(c4)N(CC(F)(F)F)CCO5)c3n2)C1. The van der Waals surface area contributed by atoms with Crippen LogP contribution in [0.3, 0.4) is 0 Å². The summed E-state index contributed by atoms with van der Waals surface area (Å²) in [5.74, 6) is 0.798. The maximum absolute atomic E-state index is 13.1. The molecule has 3 aromatic rings. The predicted molar refractivity (Wildman–Crippen MR) is 120 cm³/mol. The van der Waals surface area contributed by atoms with Crippen LogP contribution < -0.4 is 9.64 Å². The second-order valence-electron chi connectivity index (χ2n) is 8.94. The summed E-state index contributed by atoms with van der Waals surface area (Å²) >= 11 is 0. The topological polar surface area (TPSA) is 74.4 Å². The average Bonchev–Trinajstić information content (AvgIpc) is 3.39. The van der Waals surface area contributed by atoms with Crippen LogP contribution in [0.1, 0.15) is 18.5 Å². The van der Waals surface area contributed by atoms with E-state index in [9.17, 15) is 18.0 Å². The van der Waals surface area contributed by atoms with E-state index < -0.39 is 12.7 Å². The number of halogens is 3. The third-order valence-electron chi connectivity index (χ3n) is 6.47. The molecular weight excluding hydrogens is 447 g/mol. The highest BCUT2D eigenvalue weighted by Gasteiger charge is 2.35. The van der Waals surface area contributed by atoms with Crippen LogP contribution in [0.4, 0.5) is 18.9 Å². The maximum Gasteiger partial charge on any atom is 0.405 e. The van der Waals surface area contributed by atoms with E-state index in [2.05, 4.69) is 9.97 Å². The molecule has 2 aliphatic heterocycles. The van der Waals surface area contributed by atoms with Gasteiger partial charge in [0.1, 0.15) is 24.4 Å². The lowest BCUT2D eigenvalue weighted by atomic mass is 10.1. The van der Waals surface area contributed by atoms with Gasteiger partial charge in [-0.2, -0.15) is 13.2 Å². The molecular formula is C24H22F3N5O2. The van der Waals surface area contributed by atoms with E-state index in [0.29, 0.717) is 41.4 Å². The van der Waals surface area contributed by atoms with Crippen molar-refractivity contribution in [2.24, 2.45) is 5.92 Å². The summed E-state index contributed by atoms with van der Waals surface area (Å²) in [4.78, 5) is 27.9.